The summed E-state index contributed by atoms with van der Waals surface area (Å²) in [5, 5.41) is 6.48. The molecule has 1 saturated heterocycles. The molecule has 3 atom stereocenters. The molecule has 1 spiro atoms. The summed E-state index contributed by atoms with van der Waals surface area (Å²) in [5.74, 6) is 5.70. The van der Waals surface area contributed by atoms with Crippen LogP contribution in [0.1, 0.15) is 49.3 Å². The molecule has 1 saturated carbocycles. The minimum Gasteiger partial charge on any atom is -0.327 e. The first-order valence-electron chi connectivity index (χ1n) is 8.34. The second-order valence-corrected chi connectivity index (χ2v) is 7.03. The maximum Gasteiger partial charge on any atom is 0.227 e. The van der Waals surface area contributed by atoms with Crippen LogP contribution in [0.15, 0.2) is 24.3 Å². The lowest BCUT2D eigenvalue weighted by Crippen LogP contribution is -2.68. The number of hydrogen-bond acceptors (Lipinski definition) is 4. The highest BCUT2D eigenvalue weighted by Crippen LogP contribution is 2.54. The van der Waals surface area contributed by atoms with Gasteiger partial charge in [0, 0.05) is 6.04 Å². The fraction of sp³-hybridized carbons (Fsp3) is 0.588. The van der Waals surface area contributed by atoms with E-state index in [1.54, 1.807) is 0 Å². The molecule has 5 N–H and O–H groups in total. The molecule has 5 heteroatoms. The topological polar surface area (TPSA) is 79.2 Å². The minimum absolute atomic E-state index is 0.00676. The molecular weight excluding hydrogens is 276 g/mol. The van der Waals surface area contributed by atoms with Crippen LogP contribution in [0.3, 0.4) is 0 Å². The van der Waals surface area contributed by atoms with Crippen molar-refractivity contribution in [1.29, 1.82) is 0 Å². The fourth-order valence-electron chi connectivity index (χ4n) is 4.92. The third-order valence-corrected chi connectivity index (χ3v) is 5.86. The van der Waals surface area contributed by atoms with Gasteiger partial charge in [-0.25, -0.2) is 5.43 Å². The van der Waals surface area contributed by atoms with Crippen LogP contribution in [0.25, 0.3) is 0 Å². The van der Waals surface area contributed by atoms with Gasteiger partial charge in [0.25, 0.3) is 0 Å². The van der Waals surface area contributed by atoms with Crippen LogP contribution >= 0.6 is 0 Å². The van der Waals surface area contributed by atoms with Crippen molar-refractivity contribution >= 4 is 5.91 Å². The lowest BCUT2D eigenvalue weighted by molar-refractivity contribution is -0.138. The first-order valence-corrected chi connectivity index (χ1v) is 8.34. The van der Waals surface area contributed by atoms with Crippen molar-refractivity contribution in [3.63, 3.8) is 0 Å². The van der Waals surface area contributed by atoms with Crippen molar-refractivity contribution in [3.8, 4) is 0 Å². The number of hydrazine groups is 1. The Hall–Kier alpha value is -1.43. The highest BCUT2D eigenvalue weighted by atomic mass is 16.2. The Morgan fingerprint density at radius 2 is 1.95 bits per heavy atom. The van der Waals surface area contributed by atoms with E-state index in [4.69, 9.17) is 5.84 Å². The van der Waals surface area contributed by atoms with E-state index in [0.717, 1.165) is 19.3 Å². The Bertz CT molecular complexity index is 582. The maximum absolute atomic E-state index is 12.8. The molecule has 2 fully saturated rings. The number of carbonyl (C=O) groups excluding carboxylic acids is 1. The van der Waals surface area contributed by atoms with Crippen LogP contribution in [-0.2, 0) is 11.2 Å². The van der Waals surface area contributed by atoms with Crippen molar-refractivity contribution in [2.24, 2.45) is 17.2 Å². The van der Waals surface area contributed by atoms with Crippen molar-refractivity contribution in [1.82, 2.24) is 16.1 Å². The summed E-state index contributed by atoms with van der Waals surface area (Å²) in [6.07, 6.45) is 6.73. The summed E-state index contributed by atoms with van der Waals surface area (Å²) in [7, 11) is 0. The molecule has 22 heavy (non-hydrogen) atoms. The largest absolute Gasteiger partial charge is 0.327 e. The predicted octanol–water partition coefficient (Wildman–Crippen LogP) is 1.32. The summed E-state index contributed by atoms with van der Waals surface area (Å²) in [6, 6.07) is 8.60. The van der Waals surface area contributed by atoms with Gasteiger partial charge in [-0.05, 0) is 35.8 Å². The first kappa shape index (κ1) is 14.2. The number of nitrogens with one attached hydrogen (secondary N) is 3. The van der Waals surface area contributed by atoms with Gasteiger partial charge in [0.2, 0.25) is 5.91 Å². The van der Waals surface area contributed by atoms with Gasteiger partial charge in [-0.3, -0.25) is 16.0 Å². The van der Waals surface area contributed by atoms with Crippen LogP contribution in [0.4, 0.5) is 0 Å². The third-order valence-electron chi connectivity index (χ3n) is 5.86. The second kappa shape index (κ2) is 5.33. The normalized spacial score (nSPS) is 33.0. The van der Waals surface area contributed by atoms with Gasteiger partial charge >= 0.3 is 0 Å². The van der Waals surface area contributed by atoms with Gasteiger partial charge in [-0.15, -0.1) is 0 Å². The van der Waals surface area contributed by atoms with Gasteiger partial charge in [0.15, 0.2) is 0 Å². The van der Waals surface area contributed by atoms with E-state index in [0.29, 0.717) is 0 Å². The number of fused-ring (bicyclic) bond motifs is 4. The number of carbonyl (C=O) groups is 1. The minimum atomic E-state index is -0.361. The lowest BCUT2D eigenvalue weighted by atomic mass is 9.56. The van der Waals surface area contributed by atoms with Crippen molar-refractivity contribution in [2.75, 3.05) is 0 Å². The monoisotopic (exact) mass is 300 g/mol. The molecule has 0 aromatic heterocycles. The van der Waals surface area contributed by atoms with Crippen LogP contribution in [0.5, 0.6) is 0 Å². The zero-order valence-corrected chi connectivity index (χ0v) is 12.8. The van der Waals surface area contributed by atoms with Crippen LogP contribution < -0.4 is 21.9 Å². The molecule has 2 aliphatic carbocycles. The maximum atomic E-state index is 12.8. The lowest BCUT2D eigenvalue weighted by Gasteiger charge is -2.53. The van der Waals surface area contributed by atoms with Crippen LogP contribution in [-0.4, -0.2) is 12.2 Å². The molecule has 1 heterocycles. The smallest absolute Gasteiger partial charge is 0.227 e. The molecule has 118 valence electrons. The van der Waals surface area contributed by atoms with Gasteiger partial charge < -0.3 is 5.32 Å². The van der Waals surface area contributed by atoms with Crippen molar-refractivity contribution in [2.45, 2.75) is 50.9 Å². The van der Waals surface area contributed by atoms with Crippen molar-refractivity contribution in [3.05, 3.63) is 35.4 Å². The summed E-state index contributed by atoms with van der Waals surface area (Å²) in [6.45, 7) is 0. The molecule has 1 aromatic carbocycles. The molecular formula is C17H24N4O. The highest BCUT2D eigenvalue weighted by molar-refractivity contribution is 5.82. The number of amides is 1. The molecule has 3 unspecified atom stereocenters. The zero-order chi connectivity index (χ0) is 15.2. The van der Waals surface area contributed by atoms with E-state index in [2.05, 4.69) is 40.3 Å². The van der Waals surface area contributed by atoms with Gasteiger partial charge in [-0.1, -0.05) is 43.5 Å². The molecule has 1 aliphatic heterocycles. The van der Waals surface area contributed by atoms with E-state index >= 15 is 0 Å². The van der Waals surface area contributed by atoms with E-state index in [1.165, 1.54) is 30.4 Å². The average molecular weight is 300 g/mol. The molecule has 0 radical (unpaired) electrons. The summed E-state index contributed by atoms with van der Waals surface area (Å²) < 4.78 is 0. The molecule has 4 rings (SSSR count). The Balaban J connectivity index is 1.80. The van der Waals surface area contributed by atoms with Crippen molar-refractivity contribution < 1.29 is 4.79 Å². The zero-order valence-electron chi connectivity index (χ0n) is 12.8. The second-order valence-electron chi connectivity index (χ2n) is 7.03. The Morgan fingerprint density at radius 1 is 1.18 bits per heavy atom. The summed E-state index contributed by atoms with van der Waals surface area (Å²) in [4.78, 5) is 12.8. The van der Waals surface area contributed by atoms with E-state index in [1.807, 2.05) is 0 Å². The standard InChI is InChI=1S/C17H24N4O/c18-21-16-19-14-12-7-3-2-6-11(12)10-17(8-4-1-5-9-17)13(14)15(22)20-16/h2-3,6-7,13-14,16,19,21H,1,4-5,8-10,18H2,(H,20,22). The molecule has 1 amide bonds. The van der Waals surface area contributed by atoms with Gasteiger partial charge in [-0.2, -0.15) is 0 Å². The SMILES string of the molecule is NNC1NC(=O)C2C(N1)c1ccccc1CC21CCCCC1. The van der Waals surface area contributed by atoms with Gasteiger partial charge in [0.05, 0.1) is 5.92 Å². The Labute approximate surface area is 131 Å². The molecule has 0 bridgehead atoms. The van der Waals surface area contributed by atoms with Crippen LogP contribution in [0, 0.1) is 11.3 Å². The van der Waals surface area contributed by atoms with E-state index in [-0.39, 0.29) is 29.6 Å². The third kappa shape index (κ3) is 2.07. The number of rotatable bonds is 1. The molecule has 3 aliphatic rings. The van der Waals surface area contributed by atoms with Crippen LogP contribution in [0.2, 0.25) is 0 Å². The van der Waals surface area contributed by atoms with E-state index in [9.17, 15) is 4.79 Å². The first-order chi connectivity index (χ1) is 10.7. The highest BCUT2D eigenvalue weighted by Gasteiger charge is 2.53. The van der Waals surface area contributed by atoms with E-state index < -0.39 is 0 Å². The summed E-state index contributed by atoms with van der Waals surface area (Å²) >= 11 is 0. The Morgan fingerprint density at radius 3 is 2.73 bits per heavy atom. The predicted molar refractivity (Wildman–Crippen MR) is 84.3 cm³/mol. The van der Waals surface area contributed by atoms with Gasteiger partial charge in [0.1, 0.15) is 6.29 Å². The number of hydrogen-bond donors (Lipinski definition) is 4. The Kier molecular flexibility index (Phi) is 3.44. The number of benzene rings is 1. The fourth-order valence-corrected chi connectivity index (χ4v) is 4.92. The molecule has 5 nitrogen and oxygen atoms in total. The average Bonchev–Trinajstić information content (AvgIpc) is 2.55. The number of nitrogens with two attached hydrogens (primary N) is 1. The quantitative estimate of drug-likeness (QED) is 0.466. The molecule has 1 aromatic rings. The summed E-state index contributed by atoms with van der Waals surface area (Å²) in [5.41, 5.74) is 5.41.